The Bertz CT molecular complexity index is 464. The molecule has 0 bridgehead atoms. The number of aliphatic hydroxyl groups is 1. The second kappa shape index (κ2) is 5.05. The molecule has 2 fully saturated rings. The Morgan fingerprint density at radius 3 is 2.35 bits per heavy atom. The Labute approximate surface area is 121 Å². The zero-order valence-electron chi connectivity index (χ0n) is 12.6. The summed E-state index contributed by atoms with van der Waals surface area (Å²) in [5.41, 5.74) is 1.32. The molecule has 3 unspecified atom stereocenters. The van der Waals surface area contributed by atoms with Crippen molar-refractivity contribution in [3.63, 3.8) is 0 Å². The molecule has 0 spiro atoms. The van der Waals surface area contributed by atoms with Crippen molar-refractivity contribution in [1.29, 1.82) is 0 Å². The van der Waals surface area contributed by atoms with E-state index in [1.54, 1.807) is 7.11 Å². The van der Waals surface area contributed by atoms with Gasteiger partial charge in [-0.1, -0.05) is 26.0 Å². The van der Waals surface area contributed by atoms with Gasteiger partial charge in [0.05, 0.1) is 13.2 Å². The highest BCUT2D eigenvalue weighted by Crippen LogP contribution is 2.46. The Hall–Kier alpha value is -1.06. The van der Waals surface area contributed by atoms with Crippen LogP contribution in [0.5, 0.6) is 5.75 Å². The van der Waals surface area contributed by atoms with Crippen LogP contribution < -0.4 is 10.1 Å². The number of methoxy groups -OCH3 is 1. The van der Waals surface area contributed by atoms with E-state index < -0.39 is 0 Å². The van der Waals surface area contributed by atoms with Gasteiger partial charge in [0, 0.05) is 17.5 Å². The third-order valence-corrected chi connectivity index (χ3v) is 5.16. The lowest BCUT2D eigenvalue weighted by Gasteiger charge is -2.51. The molecule has 0 aliphatic heterocycles. The van der Waals surface area contributed by atoms with Gasteiger partial charge in [0.25, 0.3) is 0 Å². The molecular formula is C17H25NO2. The molecule has 1 aromatic carbocycles. The summed E-state index contributed by atoms with van der Waals surface area (Å²) in [4.78, 5) is 0. The fourth-order valence-corrected chi connectivity index (χ4v) is 3.15. The van der Waals surface area contributed by atoms with Gasteiger partial charge in [-0.05, 0) is 42.9 Å². The molecule has 3 heteroatoms. The predicted octanol–water partition coefficient (Wildman–Crippen LogP) is 2.90. The van der Waals surface area contributed by atoms with Crippen LogP contribution in [0.4, 0.5) is 0 Å². The number of hydrogen-bond acceptors (Lipinski definition) is 3. The van der Waals surface area contributed by atoms with Crippen molar-refractivity contribution in [3.05, 3.63) is 29.8 Å². The minimum Gasteiger partial charge on any atom is -0.497 e. The van der Waals surface area contributed by atoms with E-state index in [0.29, 0.717) is 12.1 Å². The van der Waals surface area contributed by atoms with E-state index in [9.17, 15) is 5.11 Å². The van der Waals surface area contributed by atoms with Crippen LogP contribution in [0.1, 0.15) is 44.7 Å². The number of nitrogens with one attached hydrogen (secondary N) is 1. The van der Waals surface area contributed by atoms with Gasteiger partial charge in [-0.2, -0.15) is 0 Å². The molecule has 20 heavy (non-hydrogen) atoms. The van der Waals surface area contributed by atoms with E-state index in [-0.39, 0.29) is 11.5 Å². The Kier molecular flexibility index (Phi) is 3.51. The summed E-state index contributed by atoms with van der Waals surface area (Å²) in [5, 5.41) is 13.7. The maximum atomic E-state index is 9.90. The topological polar surface area (TPSA) is 41.5 Å². The first-order valence-corrected chi connectivity index (χ1v) is 7.60. The van der Waals surface area contributed by atoms with Crippen molar-refractivity contribution in [2.45, 2.75) is 51.3 Å². The van der Waals surface area contributed by atoms with Crippen molar-refractivity contribution in [3.8, 4) is 5.75 Å². The van der Waals surface area contributed by atoms with Gasteiger partial charge in [-0.3, -0.25) is 0 Å². The highest BCUT2D eigenvalue weighted by Gasteiger charge is 2.49. The van der Waals surface area contributed by atoms with Crippen LogP contribution >= 0.6 is 0 Å². The van der Waals surface area contributed by atoms with Gasteiger partial charge in [-0.25, -0.2) is 0 Å². The number of ether oxygens (including phenoxy) is 1. The summed E-state index contributed by atoms with van der Waals surface area (Å²) in [7, 11) is 1.70. The lowest BCUT2D eigenvalue weighted by atomic mass is 9.64. The molecule has 0 aromatic heterocycles. The number of rotatable bonds is 5. The fraction of sp³-hybridized carbons (Fsp3) is 0.647. The Morgan fingerprint density at radius 2 is 1.90 bits per heavy atom. The molecule has 0 saturated heterocycles. The smallest absolute Gasteiger partial charge is 0.118 e. The van der Waals surface area contributed by atoms with Crippen molar-refractivity contribution >= 4 is 0 Å². The summed E-state index contributed by atoms with van der Waals surface area (Å²) in [6.07, 6.45) is 3.31. The fourth-order valence-electron chi connectivity index (χ4n) is 3.15. The van der Waals surface area contributed by atoms with E-state index in [1.165, 1.54) is 18.4 Å². The van der Waals surface area contributed by atoms with Gasteiger partial charge in [-0.15, -0.1) is 0 Å². The largest absolute Gasteiger partial charge is 0.497 e. The Balaban J connectivity index is 1.73. The minimum atomic E-state index is -0.171. The lowest BCUT2D eigenvalue weighted by Crippen LogP contribution is -2.60. The molecule has 0 radical (unpaired) electrons. The van der Waals surface area contributed by atoms with Gasteiger partial charge >= 0.3 is 0 Å². The number of aliphatic hydroxyl groups excluding tert-OH is 1. The zero-order chi connectivity index (χ0) is 14.3. The van der Waals surface area contributed by atoms with Crippen molar-refractivity contribution in [2.24, 2.45) is 11.3 Å². The predicted molar refractivity (Wildman–Crippen MR) is 79.8 cm³/mol. The molecular weight excluding hydrogens is 250 g/mol. The summed E-state index contributed by atoms with van der Waals surface area (Å²) in [5.74, 6) is 1.65. The molecule has 3 atom stereocenters. The van der Waals surface area contributed by atoms with Crippen molar-refractivity contribution in [2.75, 3.05) is 7.11 Å². The van der Waals surface area contributed by atoms with Gasteiger partial charge < -0.3 is 15.2 Å². The molecule has 0 heterocycles. The van der Waals surface area contributed by atoms with Gasteiger partial charge in [0.2, 0.25) is 0 Å². The Morgan fingerprint density at radius 1 is 1.25 bits per heavy atom. The van der Waals surface area contributed by atoms with Crippen LogP contribution in [0.3, 0.4) is 0 Å². The molecule has 2 aliphatic rings. The van der Waals surface area contributed by atoms with E-state index in [1.807, 2.05) is 12.1 Å². The average Bonchev–Trinajstić information content (AvgIpc) is 3.28. The first-order valence-electron chi connectivity index (χ1n) is 7.60. The summed E-state index contributed by atoms with van der Waals surface area (Å²) >= 11 is 0. The highest BCUT2D eigenvalue weighted by molar-refractivity contribution is 5.30. The molecule has 2 saturated carbocycles. The van der Waals surface area contributed by atoms with E-state index in [0.717, 1.165) is 18.1 Å². The number of benzene rings is 1. The summed E-state index contributed by atoms with van der Waals surface area (Å²) in [6.45, 7) is 4.30. The van der Waals surface area contributed by atoms with Crippen LogP contribution in [-0.2, 0) is 0 Å². The van der Waals surface area contributed by atoms with E-state index in [4.69, 9.17) is 4.74 Å². The SMILES string of the molecule is COc1ccc(C(NC2CC(O)C2(C)C)C2CC2)cc1. The quantitative estimate of drug-likeness (QED) is 0.868. The maximum Gasteiger partial charge on any atom is 0.118 e. The average molecular weight is 275 g/mol. The number of hydrogen-bond donors (Lipinski definition) is 2. The molecule has 0 amide bonds. The minimum absolute atomic E-state index is 0.0143. The lowest BCUT2D eigenvalue weighted by molar-refractivity contribution is -0.0768. The summed E-state index contributed by atoms with van der Waals surface area (Å²) in [6, 6.07) is 9.22. The van der Waals surface area contributed by atoms with E-state index in [2.05, 4.69) is 31.3 Å². The summed E-state index contributed by atoms with van der Waals surface area (Å²) < 4.78 is 5.23. The molecule has 2 aliphatic carbocycles. The maximum absolute atomic E-state index is 9.90. The first kappa shape index (κ1) is 13.9. The molecule has 3 rings (SSSR count). The van der Waals surface area contributed by atoms with Crippen molar-refractivity contribution < 1.29 is 9.84 Å². The van der Waals surface area contributed by atoms with E-state index >= 15 is 0 Å². The molecule has 3 nitrogen and oxygen atoms in total. The van der Waals surface area contributed by atoms with Crippen LogP contribution in [0.2, 0.25) is 0 Å². The van der Waals surface area contributed by atoms with Crippen LogP contribution in [0, 0.1) is 11.3 Å². The van der Waals surface area contributed by atoms with Gasteiger partial charge in [0.15, 0.2) is 0 Å². The monoisotopic (exact) mass is 275 g/mol. The second-order valence-electron chi connectivity index (χ2n) is 6.88. The molecule has 2 N–H and O–H groups in total. The van der Waals surface area contributed by atoms with Crippen LogP contribution in [0.15, 0.2) is 24.3 Å². The third-order valence-electron chi connectivity index (χ3n) is 5.16. The van der Waals surface area contributed by atoms with Crippen LogP contribution in [0.25, 0.3) is 0 Å². The van der Waals surface area contributed by atoms with Crippen molar-refractivity contribution in [1.82, 2.24) is 5.32 Å². The normalized spacial score (nSPS) is 29.6. The second-order valence-corrected chi connectivity index (χ2v) is 6.88. The standard InChI is InChI=1S/C17H25NO2/c1-17(2)14(10-15(17)19)18-16(11-4-5-11)12-6-8-13(20-3)9-7-12/h6-9,11,14-16,18-19H,4-5,10H2,1-3H3. The van der Waals surface area contributed by atoms with Gasteiger partial charge in [0.1, 0.15) is 5.75 Å². The third kappa shape index (κ3) is 2.45. The molecule has 1 aromatic rings. The molecule has 110 valence electrons. The zero-order valence-corrected chi connectivity index (χ0v) is 12.6. The van der Waals surface area contributed by atoms with Crippen LogP contribution in [-0.4, -0.2) is 24.4 Å². The highest BCUT2D eigenvalue weighted by atomic mass is 16.5. The first-order chi connectivity index (χ1) is 9.52.